The highest BCUT2D eigenvalue weighted by atomic mass is 32.2. The topological polar surface area (TPSA) is 69.4 Å². The summed E-state index contributed by atoms with van der Waals surface area (Å²) in [5, 5.41) is 0. The van der Waals surface area contributed by atoms with Crippen molar-refractivity contribution in [2.75, 3.05) is 19.8 Å². The lowest BCUT2D eigenvalue weighted by atomic mass is 10.1. The van der Waals surface area contributed by atoms with Gasteiger partial charge in [0.2, 0.25) is 0 Å². The zero-order chi connectivity index (χ0) is 12.7. The van der Waals surface area contributed by atoms with Crippen LogP contribution in [0.1, 0.15) is 11.1 Å². The Labute approximate surface area is 102 Å². The molecule has 17 heavy (non-hydrogen) atoms. The van der Waals surface area contributed by atoms with E-state index in [2.05, 4.69) is 0 Å². The first-order valence-electron chi connectivity index (χ1n) is 5.53. The number of benzene rings is 1. The third kappa shape index (κ3) is 1.78. The van der Waals surface area contributed by atoms with Crippen molar-refractivity contribution in [3.05, 3.63) is 29.3 Å². The van der Waals surface area contributed by atoms with Crippen molar-refractivity contribution in [3.8, 4) is 0 Å². The van der Waals surface area contributed by atoms with Crippen molar-refractivity contribution in [1.29, 1.82) is 0 Å². The summed E-state index contributed by atoms with van der Waals surface area (Å²) in [6.45, 7) is 4.34. The molecule has 0 atom stereocenters. The smallest absolute Gasteiger partial charge is 0.189 e. The van der Waals surface area contributed by atoms with Gasteiger partial charge in [-0.15, -0.1) is 0 Å². The van der Waals surface area contributed by atoms with Gasteiger partial charge in [0.1, 0.15) is 4.75 Å². The summed E-state index contributed by atoms with van der Waals surface area (Å²) in [5.74, 6) is 0. The molecule has 0 unspecified atom stereocenters. The quantitative estimate of drug-likeness (QED) is 0.867. The monoisotopic (exact) mass is 255 g/mol. The van der Waals surface area contributed by atoms with Crippen LogP contribution in [0.25, 0.3) is 0 Å². The van der Waals surface area contributed by atoms with Crippen molar-refractivity contribution in [2.45, 2.75) is 23.5 Å². The van der Waals surface area contributed by atoms with Crippen LogP contribution in [0, 0.1) is 13.8 Å². The molecule has 2 N–H and O–H groups in total. The van der Waals surface area contributed by atoms with Crippen molar-refractivity contribution >= 4 is 9.84 Å². The Bertz CT molecular complexity index is 527. The lowest BCUT2D eigenvalue weighted by Gasteiger charge is -2.39. The largest absolute Gasteiger partial charge is 0.378 e. The molecule has 1 heterocycles. The van der Waals surface area contributed by atoms with Crippen LogP contribution in [0.15, 0.2) is 23.1 Å². The second kappa shape index (κ2) is 4.08. The number of ether oxygens (including phenoxy) is 1. The fourth-order valence-electron chi connectivity index (χ4n) is 1.84. The van der Waals surface area contributed by atoms with Crippen molar-refractivity contribution in [3.63, 3.8) is 0 Å². The zero-order valence-electron chi connectivity index (χ0n) is 10.1. The Kier molecular flexibility index (Phi) is 3.01. The molecule has 0 aliphatic carbocycles. The van der Waals surface area contributed by atoms with E-state index >= 15 is 0 Å². The van der Waals surface area contributed by atoms with E-state index in [-0.39, 0.29) is 19.8 Å². The van der Waals surface area contributed by atoms with Crippen LogP contribution >= 0.6 is 0 Å². The van der Waals surface area contributed by atoms with E-state index in [1.54, 1.807) is 12.1 Å². The molecule has 1 aromatic rings. The molecule has 2 rings (SSSR count). The number of aryl methyl sites for hydroxylation is 2. The highest BCUT2D eigenvalue weighted by molar-refractivity contribution is 7.93. The average Bonchev–Trinajstić information content (AvgIpc) is 2.20. The maximum absolute atomic E-state index is 12.5. The third-order valence-electron chi connectivity index (χ3n) is 3.46. The first-order chi connectivity index (χ1) is 7.93. The normalized spacial score (nSPS) is 18.8. The molecular weight excluding hydrogens is 238 g/mol. The van der Waals surface area contributed by atoms with Gasteiger partial charge in [0.05, 0.1) is 18.1 Å². The van der Waals surface area contributed by atoms with Gasteiger partial charge in [-0.05, 0) is 37.1 Å². The van der Waals surface area contributed by atoms with Crippen LogP contribution in [-0.2, 0) is 14.6 Å². The maximum atomic E-state index is 12.5. The second-order valence-electron chi connectivity index (χ2n) is 4.63. The SMILES string of the molecule is Cc1ccc(S(=O)(=O)C2(CN)COC2)cc1C. The first kappa shape index (κ1) is 12.5. The van der Waals surface area contributed by atoms with Crippen LogP contribution in [0.4, 0.5) is 0 Å². The molecule has 94 valence electrons. The van der Waals surface area contributed by atoms with E-state index in [0.29, 0.717) is 4.90 Å². The predicted molar refractivity (Wildman–Crippen MR) is 65.7 cm³/mol. The zero-order valence-corrected chi connectivity index (χ0v) is 10.9. The van der Waals surface area contributed by atoms with Gasteiger partial charge in [0, 0.05) is 6.54 Å². The Balaban J connectivity index is 2.48. The summed E-state index contributed by atoms with van der Waals surface area (Å²) in [6, 6.07) is 5.18. The van der Waals surface area contributed by atoms with Gasteiger partial charge in [-0.2, -0.15) is 0 Å². The van der Waals surface area contributed by atoms with Crippen molar-refractivity contribution < 1.29 is 13.2 Å². The standard InChI is InChI=1S/C12H17NO3S/c1-9-3-4-11(5-10(9)2)17(14,15)12(6-13)7-16-8-12/h3-5H,6-8,13H2,1-2H3. The molecule has 1 aliphatic heterocycles. The highest BCUT2D eigenvalue weighted by Gasteiger charge is 2.50. The Morgan fingerprint density at radius 1 is 1.29 bits per heavy atom. The number of nitrogens with two attached hydrogens (primary N) is 1. The van der Waals surface area contributed by atoms with E-state index in [9.17, 15) is 8.42 Å². The van der Waals surface area contributed by atoms with Gasteiger partial charge in [-0.25, -0.2) is 8.42 Å². The van der Waals surface area contributed by atoms with Crippen LogP contribution in [0.3, 0.4) is 0 Å². The van der Waals surface area contributed by atoms with Crippen LogP contribution in [-0.4, -0.2) is 32.9 Å². The summed E-state index contributed by atoms with van der Waals surface area (Å²) in [6.07, 6.45) is 0. The molecule has 0 radical (unpaired) electrons. The number of rotatable bonds is 3. The van der Waals surface area contributed by atoms with Gasteiger partial charge in [0.15, 0.2) is 9.84 Å². The molecule has 1 aromatic carbocycles. The van der Waals surface area contributed by atoms with E-state index < -0.39 is 14.6 Å². The van der Waals surface area contributed by atoms with Crippen LogP contribution in [0.5, 0.6) is 0 Å². The Morgan fingerprint density at radius 3 is 2.35 bits per heavy atom. The minimum atomic E-state index is -3.40. The van der Waals surface area contributed by atoms with Crippen LogP contribution in [0.2, 0.25) is 0 Å². The summed E-state index contributed by atoms with van der Waals surface area (Å²) in [5.41, 5.74) is 7.65. The van der Waals surface area contributed by atoms with E-state index in [0.717, 1.165) is 11.1 Å². The van der Waals surface area contributed by atoms with Gasteiger partial charge in [-0.3, -0.25) is 0 Å². The summed E-state index contributed by atoms with van der Waals surface area (Å²) >= 11 is 0. The van der Waals surface area contributed by atoms with Gasteiger partial charge < -0.3 is 10.5 Å². The molecular formula is C12H17NO3S. The fourth-order valence-corrected chi connectivity index (χ4v) is 3.62. The molecule has 5 heteroatoms. The first-order valence-corrected chi connectivity index (χ1v) is 7.01. The maximum Gasteiger partial charge on any atom is 0.189 e. The fraction of sp³-hybridized carbons (Fsp3) is 0.500. The number of sulfone groups is 1. The summed E-state index contributed by atoms with van der Waals surface area (Å²) in [4.78, 5) is 0.342. The van der Waals surface area contributed by atoms with Gasteiger partial charge in [0.25, 0.3) is 0 Å². The minimum absolute atomic E-state index is 0.0995. The molecule has 1 aliphatic rings. The average molecular weight is 255 g/mol. The second-order valence-corrected chi connectivity index (χ2v) is 6.97. The van der Waals surface area contributed by atoms with E-state index in [4.69, 9.17) is 10.5 Å². The minimum Gasteiger partial charge on any atom is -0.378 e. The van der Waals surface area contributed by atoms with E-state index in [1.165, 1.54) is 0 Å². The third-order valence-corrected chi connectivity index (χ3v) is 5.88. The molecule has 0 aromatic heterocycles. The molecule has 0 bridgehead atoms. The Morgan fingerprint density at radius 2 is 1.94 bits per heavy atom. The number of hydrogen-bond donors (Lipinski definition) is 1. The lowest BCUT2D eigenvalue weighted by molar-refractivity contribution is -0.00924. The van der Waals surface area contributed by atoms with Crippen molar-refractivity contribution in [2.24, 2.45) is 5.73 Å². The number of hydrogen-bond acceptors (Lipinski definition) is 4. The summed E-state index contributed by atoms with van der Waals surface area (Å²) < 4.78 is 29.1. The van der Waals surface area contributed by atoms with Crippen molar-refractivity contribution in [1.82, 2.24) is 0 Å². The molecule has 1 saturated heterocycles. The lowest BCUT2D eigenvalue weighted by Crippen LogP contribution is -2.60. The van der Waals surface area contributed by atoms with E-state index in [1.807, 2.05) is 19.9 Å². The molecule has 0 amide bonds. The van der Waals surface area contributed by atoms with Gasteiger partial charge in [-0.1, -0.05) is 6.07 Å². The molecule has 0 saturated carbocycles. The molecule has 1 fully saturated rings. The van der Waals surface area contributed by atoms with Crippen LogP contribution < -0.4 is 5.73 Å². The molecule has 4 nitrogen and oxygen atoms in total. The highest BCUT2D eigenvalue weighted by Crippen LogP contribution is 2.32. The Hall–Kier alpha value is -0.910. The summed E-state index contributed by atoms with van der Waals surface area (Å²) in [7, 11) is -3.40. The predicted octanol–water partition coefficient (Wildman–Crippen LogP) is 0.805. The van der Waals surface area contributed by atoms with Gasteiger partial charge >= 0.3 is 0 Å². The molecule has 0 spiro atoms.